The topological polar surface area (TPSA) is 38.7 Å². The molecule has 1 N–H and O–H groups in total. The predicted molar refractivity (Wildman–Crippen MR) is 82.6 cm³/mol. The molecule has 2 aliphatic rings. The third-order valence-corrected chi connectivity index (χ3v) is 5.38. The molecule has 0 saturated heterocycles. The highest BCUT2D eigenvalue weighted by Crippen LogP contribution is 2.47. The van der Waals surface area contributed by atoms with Crippen molar-refractivity contribution in [3.63, 3.8) is 0 Å². The van der Waals surface area contributed by atoms with Gasteiger partial charge in [-0.25, -0.2) is 0 Å². The summed E-state index contributed by atoms with van der Waals surface area (Å²) >= 11 is 0. The van der Waals surface area contributed by atoms with Crippen molar-refractivity contribution in [2.24, 2.45) is 5.41 Å². The van der Waals surface area contributed by atoms with Gasteiger partial charge in [0.15, 0.2) is 0 Å². The second-order valence-electron chi connectivity index (χ2n) is 7.30. The zero-order chi connectivity index (χ0) is 15.1. The molecule has 116 valence electrons. The SMILES string of the molecule is COC1(C(O)c2ccc3c(c2)CCO3)CCC(C)(C)CC1. The summed E-state index contributed by atoms with van der Waals surface area (Å²) in [7, 11) is 1.73. The first kappa shape index (κ1) is 14.9. The lowest BCUT2D eigenvalue weighted by Crippen LogP contribution is -2.43. The highest BCUT2D eigenvalue weighted by atomic mass is 16.5. The molecule has 0 bridgehead atoms. The smallest absolute Gasteiger partial charge is 0.122 e. The van der Waals surface area contributed by atoms with Gasteiger partial charge in [0.25, 0.3) is 0 Å². The maximum absolute atomic E-state index is 10.9. The van der Waals surface area contributed by atoms with Crippen LogP contribution in [0.4, 0.5) is 0 Å². The fraction of sp³-hybridized carbons (Fsp3) is 0.667. The fourth-order valence-electron chi connectivity index (χ4n) is 3.62. The van der Waals surface area contributed by atoms with Crippen LogP contribution in [0.5, 0.6) is 5.75 Å². The van der Waals surface area contributed by atoms with Gasteiger partial charge < -0.3 is 14.6 Å². The molecule has 1 aliphatic carbocycles. The number of hydrogen-bond acceptors (Lipinski definition) is 3. The van der Waals surface area contributed by atoms with E-state index >= 15 is 0 Å². The third kappa shape index (κ3) is 2.69. The summed E-state index contributed by atoms with van der Waals surface area (Å²) in [4.78, 5) is 0. The van der Waals surface area contributed by atoms with Crippen LogP contribution in [0, 0.1) is 5.41 Å². The van der Waals surface area contributed by atoms with Crippen molar-refractivity contribution < 1.29 is 14.6 Å². The summed E-state index contributed by atoms with van der Waals surface area (Å²) in [6, 6.07) is 6.06. The second kappa shape index (κ2) is 5.29. The van der Waals surface area contributed by atoms with Crippen LogP contribution in [0.15, 0.2) is 18.2 Å². The van der Waals surface area contributed by atoms with Gasteiger partial charge in [0.2, 0.25) is 0 Å². The summed E-state index contributed by atoms with van der Waals surface area (Å²) in [5.41, 5.74) is 2.08. The van der Waals surface area contributed by atoms with Gasteiger partial charge in [-0.3, -0.25) is 0 Å². The van der Waals surface area contributed by atoms with Gasteiger partial charge in [0, 0.05) is 13.5 Å². The Labute approximate surface area is 127 Å². The normalized spacial score (nSPS) is 24.2. The van der Waals surface area contributed by atoms with E-state index in [-0.39, 0.29) is 0 Å². The predicted octanol–water partition coefficient (Wildman–Crippen LogP) is 3.64. The van der Waals surface area contributed by atoms with E-state index in [1.54, 1.807) is 7.11 Å². The van der Waals surface area contributed by atoms with Crippen LogP contribution in [0.2, 0.25) is 0 Å². The molecule has 0 amide bonds. The Morgan fingerprint density at radius 3 is 2.57 bits per heavy atom. The van der Waals surface area contributed by atoms with Crippen molar-refractivity contribution in [2.75, 3.05) is 13.7 Å². The summed E-state index contributed by atoms with van der Waals surface area (Å²) in [5.74, 6) is 0.960. The molecule has 3 heteroatoms. The Bertz CT molecular complexity index is 511. The van der Waals surface area contributed by atoms with E-state index in [4.69, 9.17) is 9.47 Å². The first-order chi connectivity index (χ1) is 9.96. The Hall–Kier alpha value is -1.06. The molecule has 21 heavy (non-hydrogen) atoms. The summed E-state index contributed by atoms with van der Waals surface area (Å²) in [5, 5.41) is 10.9. The number of aliphatic hydroxyl groups is 1. The lowest BCUT2D eigenvalue weighted by Gasteiger charge is -2.45. The van der Waals surface area contributed by atoms with Gasteiger partial charge in [-0.1, -0.05) is 19.9 Å². The number of fused-ring (bicyclic) bond motifs is 1. The summed E-state index contributed by atoms with van der Waals surface area (Å²) in [6.45, 7) is 5.34. The summed E-state index contributed by atoms with van der Waals surface area (Å²) in [6.07, 6.45) is 4.36. The summed E-state index contributed by atoms with van der Waals surface area (Å²) < 4.78 is 11.4. The number of hydrogen-bond donors (Lipinski definition) is 1. The van der Waals surface area contributed by atoms with E-state index in [2.05, 4.69) is 19.9 Å². The van der Waals surface area contributed by atoms with E-state index in [9.17, 15) is 5.11 Å². The molecule has 1 atom stereocenters. The van der Waals surface area contributed by atoms with Crippen molar-refractivity contribution in [2.45, 2.75) is 57.7 Å². The Balaban J connectivity index is 1.84. The van der Waals surface area contributed by atoms with E-state index in [1.807, 2.05) is 12.1 Å². The van der Waals surface area contributed by atoms with Crippen molar-refractivity contribution in [3.8, 4) is 5.75 Å². The van der Waals surface area contributed by atoms with E-state index in [0.717, 1.165) is 50.0 Å². The van der Waals surface area contributed by atoms with Crippen LogP contribution in [-0.4, -0.2) is 24.4 Å². The molecule has 1 fully saturated rings. The van der Waals surface area contributed by atoms with Gasteiger partial charge in [0.1, 0.15) is 11.9 Å². The molecule has 1 aromatic rings. The average molecular weight is 290 g/mol. The third-order valence-electron chi connectivity index (χ3n) is 5.38. The Kier molecular flexibility index (Phi) is 3.74. The Morgan fingerprint density at radius 2 is 1.90 bits per heavy atom. The van der Waals surface area contributed by atoms with Gasteiger partial charge >= 0.3 is 0 Å². The highest BCUT2D eigenvalue weighted by Gasteiger charge is 2.44. The maximum atomic E-state index is 10.9. The molecule has 1 aliphatic heterocycles. The van der Waals surface area contributed by atoms with Crippen LogP contribution in [0.1, 0.15) is 56.8 Å². The fourth-order valence-corrected chi connectivity index (χ4v) is 3.62. The second-order valence-corrected chi connectivity index (χ2v) is 7.30. The molecule has 1 aromatic carbocycles. The zero-order valence-electron chi connectivity index (χ0n) is 13.3. The van der Waals surface area contributed by atoms with Gasteiger partial charge in [0.05, 0.1) is 12.2 Å². The lowest BCUT2D eigenvalue weighted by atomic mass is 9.68. The lowest BCUT2D eigenvalue weighted by molar-refractivity contribution is -0.138. The first-order valence-electron chi connectivity index (χ1n) is 7.95. The first-order valence-corrected chi connectivity index (χ1v) is 7.95. The molecule has 0 aromatic heterocycles. The standard InChI is InChI=1S/C18H26O3/c1-17(2)7-9-18(20-3,10-8-17)16(19)14-4-5-15-13(12-14)6-11-21-15/h4-5,12,16,19H,6-11H2,1-3H3. The molecule has 1 heterocycles. The number of rotatable bonds is 3. The van der Waals surface area contributed by atoms with Crippen molar-refractivity contribution in [3.05, 3.63) is 29.3 Å². The van der Waals surface area contributed by atoms with Gasteiger partial charge in [-0.05, 0) is 54.4 Å². The van der Waals surface area contributed by atoms with Crippen LogP contribution < -0.4 is 4.74 Å². The minimum atomic E-state index is -0.565. The largest absolute Gasteiger partial charge is 0.493 e. The number of benzene rings is 1. The van der Waals surface area contributed by atoms with Crippen LogP contribution in [-0.2, 0) is 11.2 Å². The molecule has 1 saturated carbocycles. The molecule has 1 unspecified atom stereocenters. The van der Waals surface area contributed by atoms with Gasteiger partial charge in [-0.2, -0.15) is 0 Å². The number of ether oxygens (including phenoxy) is 2. The molecular weight excluding hydrogens is 264 g/mol. The molecule has 0 radical (unpaired) electrons. The van der Waals surface area contributed by atoms with E-state index in [0.29, 0.717) is 5.41 Å². The van der Waals surface area contributed by atoms with Crippen molar-refractivity contribution >= 4 is 0 Å². The molecule has 3 rings (SSSR count). The maximum Gasteiger partial charge on any atom is 0.122 e. The van der Waals surface area contributed by atoms with Gasteiger partial charge in [-0.15, -0.1) is 0 Å². The minimum absolute atomic E-state index is 0.355. The van der Waals surface area contributed by atoms with Crippen LogP contribution in [0.3, 0.4) is 0 Å². The van der Waals surface area contributed by atoms with Crippen molar-refractivity contribution in [1.82, 2.24) is 0 Å². The molecule has 0 spiro atoms. The number of aliphatic hydroxyl groups excluding tert-OH is 1. The number of methoxy groups -OCH3 is 1. The quantitative estimate of drug-likeness (QED) is 0.923. The molecule has 3 nitrogen and oxygen atoms in total. The zero-order valence-corrected chi connectivity index (χ0v) is 13.3. The monoisotopic (exact) mass is 290 g/mol. The van der Waals surface area contributed by atoms with E-state index < -0.39 is 11.7 Å². The van der Waals surface area contributed by atoms with Crippen LogP contribution >= 0.6 is 0 Å². The highest BCUT2D eigenvalue weighted by molar-refractivity contribution is 5.41. The van der Waals surface area contributed by atoms with Crippen LogP contribution in [0.25, 0.3) is 0 Å². The van der Waals surface area contributed by atoms with Crippen molar-refractivity contribution in [1.29, 1.82) is 0 Å². The van der Waals surface area contributed by atoms with E-state index in [1.165, 1.54) is 5.56 Å². The Morgan fingerprint density at radius 1 is 1.19 bits per heavy atom. The average Bonchev–Trinajstić information content (AvgIpc) is 2.94. The minimum Gasteiger partial charge on any atom is -0.493 e. The molecular formula is C18H26O3.